The molecule has 0 amide bonds. The molecular formula is C25H23F3N3O5S2+. The molecule has 2 aromatic heterocycles. The molecule has 3 heterocycles. The number of fused-ring (bicyclic) bond motifs is 1. The van der Waals surface area contributed by atoms with E-state index in [2.05, 4.69) is 9.97 Å². The number of hydrogen-bond acceptors (Lipinski definition) is 8. The summed E-state index contributed by atoms with van der Waals surface area (Å²) in [6.45, 7) is 5.24. The van der Waals surface area contributed by atoms with Crippen molar-refractivity contribution in [3.8, 4) is 22.8 Å². The number of nitrogens with two attached hydrogens (primary N) is 1. The van der Waals surface area contributed by atoms with E-state index in [-0.39, 0.29) is 21.9 Å². The van der Waals surface area contributed by atoms with Gasteiger partial charge in [-0.05, 0) is 38.1 Å². The highest BCUT2D eigenvalue weighted by Crippen LogP contribution is 2.45. The summed E-state index contributed by atoms with van der Waals surface area (Å²) >= 11 is 1.20. The number of sulfonamides is 1. The van der Waals surface area contributed by atoms with Crippen LogP contribution in [0.15, 0.2) is 63.6 Å². The molecule has 4 aromatic rings. The summed E-state index contributed by atoms with van der Waals surface area (Å²) in [5, 5.41) is 2.03. The topological polar surface area (TPSA) is 108 Å². The molecule has 0 radical (unpaired) electrons. The van der Waals surface area contributed by atoms with Crippen LogP contribution in [-0.4, -0.2) is 24.0 Å². The fraction of sp³-hybridized carbons (Fsp3) is 0.280. The maximum absolute atomic E-state index is 13.5. The van der Waals surface area contributed by atoms with Crippen molar-refractivity contribution in [2.24, 2.45) is 0 Å². The Hall–Kier alpha value is -3.42. The van der Waals surface area contributed by atoms with E-state index in [1.807, 2.05) is 13.8 Å². The van der Waals surface area contributed by atoms with Crippen molar-refractivity contribution in [1.29, 1.82) is 0 Å². The highest BCUT2D eigenvalue weighted by Gasteiger charge is 2.38. The molecule has 8 nitrogen and oxygen atoms in total. The fourth-order valence-corrected chi connectivity index (χ4v) is 6.17. The second-order valence-corrected chi connectivity index (χ2v) is 12.1. The third-order valence-electron chi connectivity index (χ3n) is 5.90. The SMILES string of the molecule is Cc1nc(-c2cc(C(F)(F)F)ccc2O[C@@H]2CC(C)(C)Oc3cc(S(=O)(=O)[NH2+]c4nccs4)ccc32)co1. The Morgan fingerprint density at radius 2 is 1.97 bits per heavy atom. The van der Waals surface area contributed by atoms with Crippen molar-refractivity contribution in [3.63, 3.8) is 0 Å². The maximum atomic E-state index is 13.5. The maximum Gasteiger partial charge on any atom is 0.416 e. The van der Waals surface area contributed by atoms with Gasteiger partial charge in [-0.25, -0.2) is 4.98 Å². The van der Waals surface area contributed by atoms with Crippen LogP contribution in [0.25, 0.3) is 11.3 Å². The van der Waals surface area contributed by atoms with Crippen molar-refractivity contribution in [2.45, 2.75) is 50.0 Å². The van der Waals surface area contributed by atoms with Gasteiger partial charge < -0.3 is 13.9 Å². The lowest BCUT2D eigenvalue weighted by Crippen LogP contribution is -2.81. The molecule has 200 valence electrons. The van der Waals surface area contributed by atoms with Crippen molar-refractivity contribution >= 4 is 26.5 Å². The molecule has 0 spiro atoms. The number of hydrogen-bond donors (Lipinski definition) is 1. The Balaban J connectivity index is 1.52. The van der Waals surface area contributed by atoms with Crippen molar-refractivity contribution < 1.29 is 40.2 Å². The average molecular weight is 567 g/mol. The molecule has 5 rings (SSSR count). The summed E-state index contributed by atoms with van der Waals surface area (Å²) in [6, 6.07) is 7.66. The lowest BCUT2D eigenvalue weighted by atomic mass is 9.91. The number of oxazole rings is 1. The molecule has 13 heteroatoms. The number of ether oxygens (including phenoxy) is 2. The molecule has 0 unspecified atom stereocenters. The first kappa shape index (κ1) is 26.2. The average Bonchev–Trinajstić information content (AvgIpc) is 3.48. The first-order valence-electron chi connectivity index (χ1n) is 11.4. The number of aryl methyl sites for hydroxylation is 1. The molecule has 2 N–H and O–H groups in total. The number of benzene rings is 2. The van der Waals surface area contributed by atoms with Crippen LogP contribution in [-0.2, 0) is 16.2 Å². The van der Waals surface area contributed by atoms with E-state index in [4.69, 9.17) is 13.9 Å². The van der Waals surface area contributed by atoms with Crippen molar-refractivity contribution in [2.75, 3.05) is 0 Å². The van der Waals surface area contributed by atoms with Gasteiger partial charge in [0.25, 0.3) is 5.13 Å². The monoisotopic (exact) mass is 566 g/mol. The van der Waals surface area contributed by atoms with Gasteiger partial charge in [-0.15, -0.1) is 0 Å². The quantitative estimate of drug-likeness (QED) is 0.333. The molecule has 0 aliphatic carbocycles. The smallest absolute Gasteiger partial charge is 0.416 e. The van der Waals surface area contributed by atoms with Crippen molar-refractivity contribution in [1.82, 2.24) is 9.97 Å². The minimum absolute atomic E-state index is 0.0243. The highest BCUT2D eigenvalue weighted by molar-refractivity contribution is 7.85. The van der Waals surface area contributed by atoms with Crippen LogP contribution in [0.3, 0.4) is 0 Å². The number of thiazole rings is 1. The third kappa shape index (κ3) is 5.40. The van der Waals surface area contributed by atoms with E-state index in [0.29, 0.717) is 28.8 Å². The molecule has 0 saturated carbocycles. The van der Waals surface area contributed by atoms with Crippen LogP contribution in [0, 0.1) is 6.92 Å². The summed E-state index contributed by atoms with van der Waals surface area (Å²) in [5.41, 5.74) is -0.705. The zero-order valence-corrected chi connectivity index (χ0v) is 22.1. The molecule has 0 fully saturated rings. The number of quaternary nitrogens is 1. The molecule has 1 aliphatic heterocycles. The van der Waals surface area contributed by atoms with Gasteiger partial charge in [-0.3, -0.25) is 0 Å². The molecular weight excluding hydrogens is 543 g/mol. The molecule has 38 heavy (non-hydrogen) atoms. The van der Waals surface area contributed by atoms with E-state index in [9.17, 15) is 21.6 Å². The second-order valence-electron chi connectivity index (χ2n) is 9.37. The van der Waals surface area contributed by atoms with E-state index in [1.54, 1.807) is 18.4 Å². The molecule has 0 saturated heterocycles. The Kier molecular flexibility index (Phi) is 6.48. The Morgan fingerprint density at radius 3 is 2.63 bits per heavy atom. The van der Waals surface area contributed by atoms with Gasteiger partial charge in [0, 0.05) is 42.1 Å². The van der Waals surface area contributed by atoms with Gasteiger partial charge in [0.15, 0.2) is 5.89 Å². The van der Waals surface area contributed by atoms with Crippen LogP contribution >= 0.6 is 11.3 Å². The van der Waals surface area contributed by atoms with E-state index in [0.717, 1.165) is 16.9 Å². The fourth-order valence-electron chi connectivity index (χ4n) is 4.19. The summed E-state index contributed by atoms with van der Waals surface area (Å²) in [6.07, 6.45) is -2.05. The van der Waals surface area contributed by atoms with E-state index < -0.39 is 33.5 Å². The summed E-state index contributed by atoms with van der Waals surface area (Å²) in [5.74, 6) is 0.781. The van der Waals surface area contributed by atoms with Crippen LogP contribution in [0.1, 0.15) is 43.4 Å². The van der Waals surface area contributed by atoms with Crippen LogP contribution in [0.5, 0.6) is 11.5 Å². The predicted octanol–water partition coefficient (Wildman–Crippen LogP) is 5.39. The van der Waals surface area contributed by atoms with E-state index in [1.165, 1.54) is 42.0 Å². The number of primary sulfonamides is 1. The largest absolute Gasteiger partial charge is 0.487 e. The van der Waals surface area contributed by atoms with Gasteiger partial charge in [0.05, 0.1) is 5.56 Å². The second kappa shape index (κ2) is 9.40. The van der Waals surface area contributed by atoms with Gasteiger partial charge in [-0.2, -0.15) is 31.3 Å². The minimum Gasteiger partial charge on any atom is -0.487 e. The minimum atomic E-state index is -4.56. The number of alkyl halides is 3. The Morgan fingerprint density at radius 1 is 1.18 bits per heavy atom. The lowest BCUT2D eigenvalue weighted by Gasteiger charge is -2.37. The standard InChI is InChI=1S/C25H22F3N3O5S2/c1-14-30-19(13-34-14)18-10-15(25(26,27)28)4-7-20(18)35-22-12-24(2,3)36-21-11-16(5-6-17(21)22)38(32,33)31-23-29-8-9-37-23/h4-11,13,22H,12H2,1-3H3,(H,29,31)/p+1/t22-/m1/s1. The Bertz CT molecular complexity index is 1580. The van der Waals surface area contributed by atoms with Gasteiger partial charge in [0.2, 0.25) is 0 Å². The van der Waals surface area contributed by atoms with Crippen LogP contribution in [0.4, 0.5) is 18.3 Å². The number of halogens is 3. The summed E-state index contributed by atoms with van der Waals surface area (Å²) in [4.78, 5) is 8.21. The van der Waals surface area contributed by atoms with E-state index >= 15 is 0 Å². The van der Waals surface area contributed by atoms with Gasteiger partial charge in [0.1, 0.15) is 40.1 Å². The lowest BCUT2D eigenvalue weighted by molar-refractivity contribution is -0.397. The highest BCUT2D eigenvalue weighted by atomic mass is 32.2. The molecule has 2 aromatic carbocycles. The first-order chi connectivity index (χ1) is 17.8. The molecule has 1 aliphatic rings. The zero-order chi connectivity index (χ0) is 27.3. The number of aromatic nitrogens is 2. The number of nitrogens with zero attached hydrogens (tertiary/aromatic N) is 2. The van der Waals surface area contributed by atoms with Crippen LogP contribution in [0.2, 0.25) is 0 Å². The molecule has 1 atom stereocenters. The van der Waals surface area contributed by atoms with Gasteiger partial charge in [-0.1, -0.05) is 17.4 Å². The third-order valence-corrected chi connectivity index (χ3v) is 8.22. The number of rotatable bonds is 6. The predicted molar refractivity (Wildman–Crippen MR) is 132 cm³/mol. The first-order valence-corrected chi connectivity index (χ1v) is 13.9. The van der Waals surface area contributed by atoms with Gasteiger partial charge >= 0.3 is 16.2 Å². The zero-order valence-electron chi connectivity index (χ0n) is 20.4. The summed E-state index contributed by atoms with van der Waals surface area (Å²) < 4.78 is 85.0. The Labute approximate surface area is 220 Å². The summed E-state index contributed by atoms with van der Waals surface area (Å²) in [7, 11) is -3.81. The van der Waals surface area contributed by atoms with Crippen molar-refractivity contribution in [3.05, 3.63) is 71.3 Å². The molecule has 0 bridgehead atoms. The van der Waals surface area contributed by atoms with Crippen LogP contribution < -0.4 is 14.2 Å². The normalized spacial score (nSPS) is 17.1.